The van der Waals surface area contributed by atoms with Crippen LogP contribution in [0.15, 0.2) is 24.3 Å². The predicted molar refractivity (Wildman–Crippen MR) is 99.7 cm³/mol. The molecule has 0 radical (unpaired) electrons. The lowest BCUT2D eigenvalue weighted by Crippen LogP contribution is -2.35. The van der Waals surface area contributed by atoms with Crippen LogP contribution in [0.2, 0.25) is 0 Å². The molecule has 3 heteroatoms. The third kappa shape index (κ3) is 5.87. The van der Waals surface area contributed by atoms with Crippen LogP contribution in [0.3, 0.4) is 0 Å². The summed E-state index contributed by atoms with van der Waals surface area (Å²) in [5.41, 5.74) is 1.39. The molecule has 0 bridgehead atoms. The third-order valence-corrected chi connectivity index (χ3v) is 5.43. The van der Waals surface area contributed by atoms with Gasteiger partial charge in [-0.3, -0.25) is 0 Å². The second-order valence-corrected chi connectivity index (χ2v) is 7.60. The Morgan fingerprint density at radius 3 is 2.52 bits per heavy atom. The lowest BCUT2D eigenvalue weighted by atomic mass is 9.94. The van der Waals surface area contributed by atoms with Gasteiger partial charge < -0.3 is 10.2 Å². The summed E-state index contributed by atoms with van der Waals surface area (Å²) in [5, 5.41) is 3.65. The molecule has 1 saturated carbocycles. The third-order valence-electron chi connectivity index (χ3n) is 4.71. The molecule has 21 heavy (non-hydrogen) atoms. The predicted octanol–water partition coefficient (Wildman–Crippen LogP) is 4.60. The highest BCUT2D eigenvalue weighted by molar-refractivity contribution is 14.1. The molecular formula is C18H29IN2. The Kier molecular flexibility index (Phi) is 7.47. The van der Waals surface area contributed by atoms with Crippen molar-refractivity contribution in [1.82, 2.24) is 10.2 Å². The summed E-state index contributed by atoms with van der Waals surface area (Å²) < 4.78 is 1.30. The topological polar surface area (TPSA) is 15.3 Å². The number of hydrogen-bond donors (Lipinski definition) is 1. The smallest absolute Gasteiger partial charge is 0.0291 e. The maximum Gasteiger partial charge on any atom is 0.0291 e. The fraction of sp³-hybridized carbons (Fsp3) is 0.667. The van der Waals surface area contributed by atoms with Crippen molar-refractivity contribution < 1.29 is 0 Å². The van der Waals surface area contributed by atoms with E-state index in [2.05, 4.69) is 71.0 Å². The standard InChI is InChI=1S/C18H29IN2/c1-15(16-9-11-17(19)12-10-16)20-13-6-14-21(2)18-7-4-3-5-8-18/h9-12,15,18,20H,3-8,13-14H2,1-2H3. The minimum absolute atomic E-state index is 0.446. The van der Waals surface area contributed by atoms with Crippen LogP contribution in [0.5, 0.6) is 0 Å². The van der Waals surface area contributed by atoms with Gasteiger partial charge in [0.15, 0.2) is 0 Å². The first-order chi connectivity index (χ1) is 10.2. The molecule has 1 N–H and O–H groups in total. The first-order valence-electron chi connectivity index (χ1n) is 8.36. The fourth-order valence-corrected chi connectivity index (χ4v) is 3.58. The van der Waals surface area contributed by atoms with Crippen molar-refractivity contribution in [3.8, 4) is 0 Å². The highest BCUT2D eigenvalue weighted by Crippen LogP contribution is 2.21. The number of rotatable bonds is 7. The van der Waals surface area contributed by atoms with Crippen LogP contribution < -0.4 is 5.32 Å². The van der Waals surface area contributed by atoms with Gasteiger partial charge in [-0.25, -0.2) is 0 Å². The van der Waals surface area contributed by atoms with Crippen LogP contribution in [0, 0.1) is 3.57 Å². The number of halogens is 1. The molecule has 0 heterocycles. The van der Waals surface area contributed by atoms with E-state index in [0.29, 0.717) is 6.04 Å². The van der Waals surface area contributed by atoms with Crippen molar-refractivity contribution in [2.75, 3.05) is 20.1 Å². The Balaban J connectivity index is 1.63. The Morgan fingerprint density at radius 1 is 1.19 bits per heavy atom. The summed E-state index contributed by atoms with van der Waals surface area (Å²) in [6.07, 6.45) is 8.35. The number of benzene rings is 1. The zero-order chi connectivity index (χ0) is 15.1. The Bertz CT molecular complexity index is 398. The lowest BCUT2D eigenvalue weighted by Gasteiger charge is -2.31. The summed E-state index contributed by atoms with van der Waals surface area (Å²) in [6.45, 7) is 4.58. The van der Waals surface area contributed by atoms with Crippen molar-refractivity contribution in [3.05, 3.63) is 33.4 Å². The van der Waals surface area contributed by atoms with Crippen molar-refractivity contribution in [2.24, 2.45) is 0 Å². The van der Waals surface area contributed by atoms with E-state index in [1.807, 2.05) is 0 Å². The molecule has 0 aromatic heterocycles. The van der Waals surface area contributed by atoms with E-state index in [4.69, 9.17) is 0 Å². The average Bonchev–Trinajstić information content (AvgIpc) is 2.52. The van der Waals surface area contributed by atoms with Crippen LogP contribution in [-0.4, -0.2) is 31.1 Å². The molecule has 1 fully saturated rings. The van der Waals surface area contributed by atoms with E-state index in [1.165, 1.54) is 54.2 Å². The molecule has 1 unspecified atom stereocenters. The second-order valence-electron chi connectivity index (χ2n) is 6.35. The zero-order valence-corrected chi connectivity index (χ0v) is 15.6. The van der Waals surface area contributed by atoms with Gasteiger partial charge in [0.1, 0.15) is 0 Å². The van der Waals surface area contributed by atoms with Gasteiger partial charge >= 0.3 is 0 Å². The SMILES string of the molecule is CC(NCCCN(C)C1CCCCC1)c1ccc(I)cc1. The zero-order valence-electron chi connectivity index (χ0n) is 13.4. The van der Waals surface area contributed by atoms with Crippen LogP contribution in [-0.2, 0) is 0 Å². The largest absolute Gasteiger partial charge is 0.310 e. The van der Waals surface area contributed by atoms with Gasteiger partial charge in [-0.2, -0.15) is 0 Å². The minimum Gasteiger partial charge on any atom is -0.310 e. The van der Waals surface area contributed by atoms with Crippen LogP contribution >= 0.6 is 22.6 Å². The molecule has 1 aliphatic rings. The van der Waals surface area contributed by atoms with Crippen molar-refractivity contribution in [3.63, 3.8) is 0 Å². The first-order valence-corrected chi connectivity index (χ1v) is 9.44. The first kappa shape index (κ1) is 17.2. The van der Waals surface area contributed by atoms with Crippen LogP contribution in [0.25, 0.3) is 0 Å². The Morgan fingerprint density at radius 2 is 1.86 bits per heavy atom. The summed E-state index contributed by atoms with van der Waals surface area (Å²) in [6, 6.07) is 10.1. The molecular weight excluding hydrogens is 371 g/mol. The monoisotopic (exact) mass is 400 g/mol. The Hall–Kier alpha value is -0.130. The van der Waals surface area contributed by atoms with Gasteiger partial charge in [-0.15, -0.1) is 0 Å². The highest BCUT2D eigenvalue weighted by atomic mass is 127. The van der Waals surface area contributed by atoms with Crippen LogP contribution in [0.4, 0.5) is 0 Å². The van der Waals surface area contributed by atoms with E-state index in [0.717, 1.165) is 12.6 Å². The molecule has 0 amide bonds. The lowest BCUT2D eigenvalue weighted by molar-refractivity contribution is 0.189. The summed E-state index contributed by atoms with van der Waals surface area (Å²) >= 11 is 2.36. The van der Waals surface area contributed by atoms with E-state index in [9.17, 15) is 0 Å². The molecule has 2 nitrogen and oxygen atoms in total. The molecule has 1 aromatic carbocycles. The molecule has 0 aliphatic heterocycles. The number of nitrogens with one attached hydrogen (secondary N) is 1. The van der Waals surface area contributed by atoms with Gasteiger partial charge in [-0.1, -0.05) is 31.4 Å². The molecule has 2 rings (SSSR count). The van der Waals surface area contributed by atoms with Crippen molar-refractivity contribution >= 4 is 22.6 Å². The number of hydrogen-bond acceptors (Lipinski definition) is 2. The summed E-state index contributed by atoms with van der Waals surface area (Å²) in [5.74, 6) is 0. The normalized spacial score (nSPS) is 18.1. The summed E-state index contributed by atoms with van der Waals surface area (Å²) in [7, 11) is 2.30. The van der Waals surface area contributed by atoms with E-state index in [1.54, 1.807) is 0 Å². The van der Waals surface area contributed by atoms with Gasteiger partial charge in [-0.05, 0) is 86.6 Å². The second kappa shape index (κ2) is 9.11. The molecule has 0 spiro atoms. The molecule has 1 aliphatic carbocycles. The van der Waals surface area contributed by atoms with E-state index >= 15 is 0 Å². The van der Waals surface area contributed by atoms with Crippen LogP contribution in [0.1, 0.15) is 57.1 Å². The van der Waals surface area contributed by atoms with Gasteiger partial charge in [0, 0.05) is 15.7 Å². The molecule has 0 saturated heterocycles. The van der Waals surface area contributed by atoms with Gasteiger partial charge in [0.25, 0.3) is 0 Å². The fourth-order valence-electron chi connectivity index (χ4n) is 3.22. The quantitative estimate of drug-likeness (QED) is 0.532. The van der Waals surface area contributed by atoms with E-state index < -0.39 is 0 Å². The molecule has 1 atom stereocenters. The van der Waals surface area contributed by atoms with Crippen molar-refractivity contribution in [2.45, 2.75) is 57.5 Å². The highest BCUT2D eigenvalue weighted by Gasteiger charge is 2.17. The van der Waals surface area contributed by atoms with Crippen molar-refractivity contribution in [1.29, 1.82) is 0 Å². The Labute approximate surface area is 143 Å². The maximum absolute atomic E-state index is 3.65. The van der Waals surface area contributed by atoms with Gasteiger partial charge in [0.05, 0.1) is 0 Å². The summed E-state index contributed by atoms with van der Waals surface area (Å²) in [4.78, 5) is 2.58. The average molecular weight is 400 g/mol. The molecule has 1 aromatic rings. The maximum atomic E-state index is 3.65. The number of nitrogens with zero attached hydrogens (tertiary/aromatic N) is 1. The minimum atomic E-state index is 0.446. The molecule has 118 valence electrons. The van der Waals surface area contributed by atoms with Gasteiger partial charge in [0.2, 0.25) is 0 Å². The van der Waals surface area contributed by atoms with E-state index in [-0.39, 0.29) is 0 Å².